The first kappa shape index (κ1) is 21.4. The van der Waals surface area contributed by atoms with Crippen molar-refractivity contribution in [1.29, 1.82) is 0 Å². The van der Waals surface area contributed by atoms with Gasteiger partial charge in [0.2, 0.25) is 5.88 Å². The lowest BCUT2D eigenvalue weighted by Crippen LogP contribution is -2.52. The Morgan fingerprint density at radius 3 is 2.67 bits per heavy atom. The van der Waals surface area contributed by atoms with Gasteiger partial charge in [-0.05, 0) is 49.4 Å². The Hall–Kier alpha value is -3.49. The summed E-state index contributed by atoms with van der Waals surface area (Å²) in [6.07, 6.45) is 3.96. The van der Waals surface area contributed by atoms with Crippen LogP contribution in [0.1, 0.15) is 41.6 Å². The van der Waals surface area contributed by atoms with Gasteiger partial charge in [-0.2, -0.15) is 0 Å². The molecule has 9 heteroatoms. The number of piperidine rings is 1. The summed E-state index contributed by atoms with van der Waals surface area (Å²) >= 11 is 0. The Labute approximate surface area is 188 Å². The number of halogens is 3. The smallest absolute Gasteiger partial charge is 0.265 e. The first-order valence-corrected chi connectivity index (χ1v) is 10.7. The van der Waals surface area contributed by atoms with Crippen molar-refractivity contribution in [1.82, 2.24) is 19.9 Å². The molecule has 2 aliphatic rings. The third kappa shape index (κ3) is 3.92. The zero-order chi connectivity index (χ0) is 23.0. The summed E-state index contributed by atoms with van der Waals surface area (Å²) < 4.78 is 46.2. The lowest BCUT2D eigenvalue weighted by atomic mass is 9.95. The normalized spacial score (nSPS) is 21.6. The fourth-order valence-electron chi connectivity index (χ4n) is 4.89. The first-order valence-electron chi connectivity index (χ1n) is 10.7. The Balaban J connectivity index is 1.41. The molecule has 1 saturated heterocycles. The van der Waals surface area contributed by atoms with E-state index in [1.807, 2.05) is 0 Å². The molecule has 1 saturated carbocycles. The maximum atomic E-state index is 14.8. The summed E-state index contributed by atoms with van der Waals surface area (Å²) in [6, 6.07) is 8.68. The van der Waals surface area contributed by atoms with E-state index in [9.17, 15) is 18.0 Å². The van der Waals surface area contributed by atoms with Gasteiger partial charge in [-0.1, -0.05) is 6.07 Å². The molecule has 5 rings (SSSR count). The molecule has 1 aromatic carbocycles. The van der Waals surface area contributed by atoms with Gasteiger partial charge in [-0.25, -0.2) is 28.1 Å². The zero-order valence-electron chi connectivity index (χ0n) is 17.6. The molecule has 0 N–H and O–H groups in total. The van der Waals surface area contributed by atoms with Gasteiger partial charge < -0.3 is 9.64 Å². The molecule has 1 aliphatic carbocycles. The van der Waals surface area contributed by atoms with Gasteiger partial charge in [-0.3, -0.25) is 4.79 Å². The molecule has 2 aromatic heterocycles. The standard InChI is InChI=1S/C24H21F3N4O2/c25-18-4-1-3-17(20(18)22-28-9-2-10-29-22)23(32)31-13-15-7-8-24(31,11-15)14-33-19-6-5-16(12-30-19)21(26)27/h1-6,9-10,12,15,21H,7-8,11,13-14H2. The lowest BCUT2D eigenvalue weighted by molar-refractivity contribution is 0.0394. The van der Waals surface area contributed by atoms with Crippen molar-refractivity contribution in [3.63, 3.8) is 0 Å². The molecule has 1 aliphatic heterocycles. The number of nitrogens with zero attached hydrogens (tertiary/aromatic N) is 4. The van der Waals surface area contributed by atoms with E-state index in [1.54, 1.807) is 17.0 Å². The van der Waals surface area contributed by atoms with Crippen LogP contribution in [-0.4, -0.2) is 44.4 Å². The van der Waals surface area contributed by atoms with Crippen LogP contribution < -0.4 is 4.74 Å². The third-order valence-electron chi connectivity index (χ3n) is 6.48. The van der Waals surface area contributed by atoms with E-state index in [-0.39, 0.29) is 40.9 Å². The van der Waals surface area contributed by atoms with Gasteiger partial charge in [0.15, 0.2) is 5.82 Å². The largest absolute Gasteiger partial charge is 0.475 e. The predicted molar refractivity (Wildman–Crippen MR) is 113 cm³/mol. The summed E-state index contributed by atoms with van der Waals surface area (Å²) in [5.41, 5.74) is -0.467. The molecule has 2 unspecified atom stereocenters. The van der Waals surface area contributed by atoms with Gasteiger partial charge in [0.25, 0.3) is 12.3 Å². The van der Waals surface area contributed by atoms with Crippen LogP contribution in [0, 0.1) is 11.7 Å². The summed E-state index contributed by atoms with van der Waals surface area (Å²) in [4.78, 5) is 27.7. The van der Waals surface area contributed by atoms with Crippen LogP contribution in [-0.2, 0) is 0 Å². The maximum Gasteiger partial charge on any atom is 0.265 e. The van der Waals surface area contributed by atoms with Crippen molar-refractivity contribution < 1.29 is 22.7 Å². The highest BCUT2D eigenvalue weighted by Crippen LogP contribution is 2.47. The van der Waals surface area contributed by atoms with E-state index in [1.165, 1.54) is 36.7 Å². The second kappa shape index (κ2) is 8.46. The SMILES string of the molecule is O=C(c1cccc(F)c1-c1ncccn1)N1CC2CCC1(COc1ccc(C(F)F)cn1)C2. The van der Waals surface area contributed by atoms with Crippen LogP contribution in [0.4, 0.5) is 13.2 Å². The van der Waals surface area contributed by atoms with Crippen molar-refractivity contribution >= 4 is 5.91 Å². The van der Waals surface area contributed by atoms with Crippen LogP contribution in [0.25, 0.3) is 11.4 Å². The van der Waals surface area contributed by atoms with Crippen molar-refractivity contribution in [2.24, 2.45) is 5.92 Å². The minimum atomic E-state index is -2.60. The monoisotopic (exact) mass is 454 g/mol. The molecule has 2 atom stereocenters. The van der Waals surface area contributed by atoms with Crippen molar-refractivity contribution in [3.8, 4) is 17.3 Å². The molecular weight excluding hydrogens is 433 g/mol. The molecule has 3 heterocycles. The Morgan fingerprint density at radius 1 is 1.15 bits per heavy atom. The number of fused-ring (bicyclic) bond motifs is 2. The van der Waals surface area contributed by atoms with Crippen LogP contribution in [0.15, 0.2) is 55.0 Å². The quantitative estimate of drug-likeness (QED) is 0.541. The summed E-state index contributed by atoms with van der Waals surface area (Å²) in [5.74, 6) is -0.164. The molecule has 2 fully saturated rings. The second-order valence-electron chi connectivity index (χ2n) is 8.50. The molecular formula is C24H21F3N4O2. The number of aromatic nitrogens is 3. The zero-order valence-corrected chi connectivity index (χ0v) is 17.6. The minimum Gasteiger partial charge on any atom is -0.475 e. The summed E-state index contributed by atoms with van der Waals surface area (Å²) in [5, 5.41) is 0. The number of benzene rings is 1. The molecule has 1 amide bonds. The number of ether oxygens (including phenoxy) is 1. The number of carbonyl (C=O) groups is 1. The summed E-state index contributed by atoms with van der Waals surface area (Å²) in [7, 11) is 0. The number of alkyl halides is 2. The highest BCUT2D eigenvalue weighted by atomic mass is 19.3. The van der Waals surface area contributed by atoms with Crippen LogP contribution in [0.2, 0.25) is 0 Å². The number of hydrogen-bond donors (Lipinski definition) is 0. The molecule has 2 bridgehead atoms. The number of carbonyl (C=O) groups excluding carboxylic acids is 1. The number of hydrogen-bond acceptors (Lipinski definition) is 5. The van der Waals surface area contributed by atoms with E-state index in [4.69, 9.17) is 4.74 Å². The number of rotatable bonds is 6. The second-order valence-corrected chi connectivity index (χ2v) is 8.50. The summed E-state index contributed by atoms with van der Waals surface area (Å²) in [6.45, 7) is 0.730. The fraction of sp³-hybridized carbons (Fsp3) is 0.333. The molecule has 33 heavy (non-hydrogen) atoms. The first-order chi connectivity index (χ1) is 16.0. The van der Waals surface area contributed by atoms with Crippen LogP contribution >= 0.6 is 0 Å². The number of pyridine rings is 1. The van der Waals surface area contributed by atoms with E-state index < -0.39 is 17.8 Å². The van der Waals surface area contributed by atoms with E-state index in [0.717, 1.165) is 25.5 Å². The molecule has 0 spiro atoms. The maximum absolute atomic E-state index is 14.8. The molecule has 3 aromatic rings. The van der Waals surface area contributed by atoms with Crippen molar-refractivity contribution in [2.45, 2.75) is 31.2 Å². The van der Waals surface area contributed by atoms with Gasteiger partial charge in [0, 0.05) is 36.8 Å². The van der Waals surface area contributed by atoms with E-state index >= 15 is 0 Å². The number of amides is 1. The Bertz CT molecular complexity index is 1160. The predicted octanol–water partition coefficient (Wildman–Crippen LogP) is 4.69. The minimum absolute atomic E-state index is 0.0752. The van der Waals surface area contributed by atoms with Crippen LogP contribution in [0.3, 0.4) is 0 Å². The molecule has 170 valence electrons. The average molecular weight is 454 g/mol. The highest BCUT2D eigenvalue weighted by molar-refractivity contribution is 6.01. The van der Waals surface area contributed by atoms with Crippen LogP contribution in [0.5, 0.6) is 5.88 Å². The van der Waals surface area contributed by atoms with Crippen molar-refractivity contribution in [3.05, 3.63) is 71.9 Å². The van der Waals surface area contributed by atoms with Gasteiger partial charge >= 0.3 is 0 Å². The lowest BCUT2D eigenvalue weighted by Gasteiger charge is -2.38. The highest BCUT2D eigenvalue weighted by Gasteiger charge is 2.53. The Morgan fingerprint density at radius 2 is 1.97 bits per heavy atom. The fourth-order valence-corrected chi connectivity index (χ4v) is 4.89. The van der Waals surface area contributed by atoms with Gasteiger partial charge in [-0.15, -0.1) is 0 Å². The molecule has 6 nitrogen and oxygen atoms in total. The number of likely N-dealkylation sites (tertiary alicyclic amines) is 1. The van der Waals surface area contributed by atoms with E-state index in [2.05, 4.69) is 15.0 Å². The Kier molecular flexibility index (Phi) is 5.47. The molecule has 0 radical (unpaired) electrons. The van der Waals surface area contributed by atoms with E-state index in [0.29, 0.717) is 12.5 Å². The average Bonchev–Trinajstić information content (AvgIpc) is 3.42. The topological polar surface area (TPSA) is 68.2 Å². The van der Waals surface area contributed by atoms with Crippen molar-refractivity contribution in [2.75, 3.05) is 13.2 Å². The third-order valence-corrected chi connectivity index (χ3v) is 6.48. The van der Waals surface area contributed by atoms with Gasteiger partial charge in [0.1, 0.15) is 12.4 Å². The van der Waals surface area contributed by atoms with Gasteiger partial charge in [0.05, 0.1) is 16.7 Å².